The Labute approximate surface area is 358 Å². The van der Waals surface area contributed by atoms with Crippen LogP contribution in [-0.4, -0.2) is 4.57 Å². The summed E-state index contributed by atoms with van der Waals surface area (Å²) < 4.78 is 2.46. The Morgan fingerprint density at radius 3 is 1.75 bits per heavy atom. The van der Waals surface area contributed by atoms with Crippen LogP contribution in [0.5, 0.6) is 0 Å². The van der Waals surface area contributed by atoms with Crippen LogP contribution in [0, 0.1) is 0 Å². The molecule has 9 aromatic carbocycles. The summed E-state index contributed by atoms with van der Waals surface area (Å²) in [6, 6.07) is 77.1. The van der Waals surface area contributed by atoms with Gasteiger partial charge in [0.05, 0.1) is 11.0 Å². The average molecular weight is 780 g/mol. The molecule has 0 spiro atoms. The first kappa shape index (κ1) is 35.7. The third kappa shape index (κ3) is 5.54. The van der Waals surface area contributed by atoms with Gasteiger partial charge in [-0.2, -0.15) is 0 Å². The van der Waals surface area contributed by atoms with Gasteiger partial charge in [-0.1, -0.05) is 185 Å². The Hall–Kier alpha value is -7.22. The summed E-state index contributed by atoms with van der Waals surface area (Å²) in [4.78, 5) is 0. The minimum atomic E-state index is -0.0309. The number of hydrogen-bond acceptors (Lipinski definition) is 0. The molecule has 10 aromatic rings. The van der Waals surface area contributed by atoms with Gasteiger partial charge in [-0.05, 0) is 132 Å². The topological polar surface area (TPSA) is 4.93 Å². The van der Waals surface area contributed by atoms with Crippen LogP contribution < -0.4 is 0 Å². The van der Waals surface area contributed by atoms with Crippen molar-refractivity contribution in [2.45, 2.75) is 38.0 Å². The highest BCUT2D eigenvalue weighted by Gasteiger charge is 2.38. The maximum absolute atomic E-state index is 2.53. The third-order valence-corrected chi connectivity index (χ3v) is 14.0. The van der Waals surface area contributed by atoms with Crippen LogP contribution in [0.25, 0.3) is 83.1 Å². The lowest BCUT2D eigenvalue weighted by Crippen LogP contribution is -2.19. The zero-order valence-corrected chi connectivity index (χ0v) is 34.7. The van der Waals surface area contributed by atoms with E-state index in [0.29, 0.717) is 5.92 Å². The van der Waals surface area contributed by atoms with Gasteiger partial charge in [-0.15, -0.1) is 0 Å². The molecule has 1 nitrogen and oxygen atoms in total. The van der Waals surface area contributed by atoms with Crippen LogP contribution in [-0.2, 0) is 5.41 Å². The van der Waals surface area contributed by atoms with Gasteiger partial charge in [0.2, 0.25) is 0 Å². The molecule has 0 saturated carbocycles. The molecule has 61 heavy (non-hydrogen) atoms. The number of aromatic nitrogens is 1. The molecule has 0 aliphatic heterocycles. The lowest BCUT2D eigenvalue weighted by atomic mass is 9.68. The van der Waals surface area contributed by atoms with Crippen molar-refractivity contribution in [2.75, 3.05) is 0 Å². The van der Waals surface area contributed by atoms with E-state index in [1.165, 1.54) is 105 Å². The lowest BCUT2D eigenvalue weighted by molar-refractivity contribution is 0.636. The molecule has 2 aliphatic carbocycles. The second-order valence-corrected chi connectivity index (χ2v) is 17.7. The highest BCUT2D eigenvalue weighted by molar-refractivity contribution is 6.10. The highest BCUT2D eigenvalue weighted by Crippen LogP contribution is 2.54. The van der Waals surface area contributed by atoms with Gasteiger partial charge in [0.15, 0.2) is 0 Å². The van der Waals surface area contributed by atoms with Crippen LogP contribution in [0.2, 0.25) is 0 Å². The first-order valence-corrected chi connectivity index (χ1v) is 21.7. The summed E-state index contributed by atoms with van der Waals surface area (Å²) in [5.41, 5.74) is 23.4. The smallest absolute Gasteiger partial charge is 0.0541 e. The molecule has 0 radical (unpaired) electrons. The molecule has 290 valence electrons. The molecular formula is C60H45N. The molecule has 0 bridgehead atoms. The fourth-order valence-electron chi connectivity index (χ4n) is 11.0. The number of fused-ring (bicyclic) bond motifs is 9. The molecular weight excluding hydrogens is 735 g/mol. The Morgan fingerprint density at radius 2 is 0.984 bits per heavy atom. The van der Waals surface area contributed by atoms with Gasteiger partial charge in [0.1, 0.15) is 0 Å². The third-order valence-electron chi connectivity index (χ3n) is 14.0. The van der Waals surface area contributed by atoms with Gasteiger partial charge in [0.25, 0.3) is 0 Å². The van der Waals surface area contributed by atoms with E-state index in [9.17, 15) is 0 Å². The first-order valence-electron chi connectivity index (χ1n) is 21.7. The molecule has 0 N–H and O–H groups in total. The summed E-state index contributed by atoms with van der Waals surface area (Å²) in [6.07, 6.45) is 0. The zero-order valence-electron chi connectivity index (χ0n) is 34.7. The van der Waals surface area contributed by atoms with E-state index >= 15 is 0 Å². The van der Waals surface area contributed by atoms with Crippen molar-refractivity contribution >= 4 is 21.8 Å². The molecule has 1 unspecified atom stereocenters. The van der Waals surface area contributed by atoms with Gasteiger partial charge in [0, 0.05) is 27.8 Å². The van der Waals surface area contributed by atoms with Crippen LogP contribution in [0.1, 0.15) is 60.4 Å². The number of hydrogen-bond donors (Lipinski definition) is 0. The summed E-state index contributed by atoms with van der Waals surface area (Å²) in [7, 11) is 0. The van der Waals surface area contributed by atoms with Crippen LogP contribution >= 0.6 is 0 Å². The van der Waals surface area contributed by atoms with E-state index in [-0.39, 0.29) is 11.3 Å². The molecule has 0 amide bonds. The quantitative estimate of drug-likeness (QED) is 0.164. The minimum absolute atomic E-state index is 0.0309. The van der Waals surface area contributed by atoms with E-state index in [2.05, 4.69) is 232 Å². The number of rotatable bonds is 5. The fourth-order valence-corrected chi connectivity index (χ4v) is 11.0. The summed E-state index contributed by atoms with van der Waals surface area (Å²) in [5.74, 6) is 0.585. The van der Waals surface area contributed by atoms with E-state index in [1.54, 1.807) is 0 Å². The van der Waals surface area contributed by atoms with Crippen molar-refractivity contribution in [3.05, 3.63) is 234 Å². The Balaban J connectivity index is 0.966. The van der Waals surface area contributed by atoms with Gasteiger partial charge >= 0.3 is 0 Å². The Morgan fingerprint density at radius 1 is 0.377 bits per heavy atom. The van der Waals surface area contributed by atoms with Gasteiger partial charge in [-0.3, -0.25) is 0 Å². The Kier molecular flexibility index (Phi) is 7.99. The average Bonchev–Trinajstić information content (AvgIpc) is 3.77. The molecule has 1 heterocycles. The largest absolute Gasteiger partial charge is 0.309 e. The van der Waals surface area contributed by atoms with Crippen molar-refractivity contribution in [3.8, 4) is 61.3 Å². The zero-order chi connectivity index (χ0) is 40.8. The molecule has 1 heteroatoms. The normalized spacial score (nSPS) is 15.9. The molecule has 0 fully saturated rings. The molecule has 12 rings (SSSR count). The monoisotopic (exact) mass is 779 g/mol. The van der Waals surface area contributed by atoms with Crippen molar-refractivity contribution < 1.29 is 0 Å². The van der Waals surface area contributed by atoms with Crippen molar-refractivity contribution in [1.29, 1.82) is 0 Å². The molecule has 1 aromatic heterocycles. The van der Waals surface area contributed by atoms with Crippen molar-refractivity contribution in [1.82, 2.24) is 4.57 Å². The maximum Gasteiger partial charge on any atom is 0.0541 e. The molecule has 2 aliphatic rings. The number of benzene rings is 9. The van der Waals surface area contributed by atoms with Gasteiger partial charge < -0.3 is 4.57 Å². The first-order chi connectivity index (χ1) is 29.9. The number of nitrogens with zero attached hydrogens (tertiary/aromatic N) is 1. The lowest BCUT2D eigenvalue weighted by Gasteiger charge is -2.35. The second-order valence-electron chi connectivity index (χ2n) is 17.7. The fraction of sp³-hybridized carbons (Fsp3) is 0.100. The highest BCUT2D eigenvalue weighted by atomic mass is 15.0. The summed E-state index contributed by atoms with van der Waals surface area (Å²) in [5, 5.41) is 2.51. The predicted molar refractivity (Wildman–Crippen MR) is 257 cm³/mol. The maximum atomic E-state index is 2.53. The summed E-state index contributed by atoms with van der Waals surface area (Å²) in [6.45, 7) is 7.21. The van der Waals surface area contributed by atoms with Crippen molar-refractivity contribution in [2.24, 2.45) is 0 Å². The Bertz CT molecular complexity index is 3290. The number of para-hydroxylation sites is 1. The minimum Gasteiger partial charge on any atom is -0.309 e. The van der Waals surface area contributed by atoms with E-state index in [0.717, 1.165) is 5.69 Å². The van der Waals surface area contributed by atoms with Gasteiger partial charge in [-0.25, -0.2) is 0 Å². The molecule has 2 atom stereocenters. The van der Waals surface area contributed by atoms with E-state index in [1.807, 2.05) is 0 Å². The SMILES string of the molecule is C[C@H]1c2ccc(-c3ccc4c(c3)c3ccccc3n4-c3cc(-c4ccccc4)cc(-c4ccccc4)c3)cc2-c2ccccc2C1c1ccc2c(c1)C(C)(C)c1ccccc1-2. The van der Waals surface area contributed by atoms with Crippen molar-refractivity contribution in [3.63, 3.8) is 0 Å². The van der Waals surface area contributed by atoms with Crippen LogP contribution in [0.3, 0.4) is 0 Å². The van der Waals surface area contributed by atoms with E-state index < -0.39 is 0 Å². The standard InChI is InChI=1S/C60H45N/c1-38-47-29-26-41(35-53(47)48-20-10-11-23-52(48)59(38)43-27-30-50-49-21-12-14-24-55(49)60(2,3)56(50)37-43)42-28-31-58-54(36-42)51-22-13-15-25-57(51)61(58)46-33-44(39-16-6-4-7-17-39)32-45(34-46)40-18-8-5-9-19-40/h4-38,59H,1-3H3/t38-,59?/m0/s1. The summed E-state index contributed by atoms with van der Waals surface area (Å²) >= 11 is 0. The van der Waals surface area contributed by atoms with E-state index in [4.69, 9.17) is 0 Å². The second kappa shape index (κ2) is 13.7. The predicted octanol–water partition coefficient (Wildman–Crippen LogP) is 16.0. The van der Waals surface area contributed by atoms with Crippen LogP contribution in [0.15, 0.2) is 206 Å². The van der Waals surface area contributed by atoms with Crippen LogP contribution in [0.4, 0.5) is 0 Å². The molecule has 0 saturated heterocycles.